The molecule has 3 heterocycles. The Kier molecular flexibility index (Phi) is 6.16. The van der Waals surface area contributed by atoms with Crippen LogP contribution in [-0.4, -0.2) is 72.8 Å². The molecule has 4 rings (SSSR count). The molecule has 0 atom stereocenters. The van der Waals surface area contributed by atoms with Gasteiger partial charge in [0.25, 0.3) is 5.56 Å². The lowest BCUT2D eigenvalue weighted by Gasteiger charge is -2.37. The number of thioether (sulfide) groups is 1. The summed E-state index contributed by atoms with van der Waals surface area (Å²) in [5.41, 5.74) is 0.275. The summed E-state index contributed by atoms with van der Waals surface area (Å²) in [6, 6.07) is 3.29. The molecule has 1 aromatic heterocycles. The van der Waals surface area contributed by atoms with Crippen LogP contribution in [0.3, 0.4) is 0 Å². The molecule has 1 aromatic carbocycles. The number of ether oxygens (including phenoxy) is 4. The first-order valence-electron chi connectivity index (χ1n) is 9.82. The zero-order valence-electron chi connectivity index (χ0n) is 17.1. The first-order chi connectivity index (χ1) is 14.5. The molecule has 0 aliphatic carbocycles. The van der Waals surface area contributed by atoms with E-state index in [4.69, 9.17) is 18.9 Å². The van der Waals surface area contributed by atoms with E-state index in [0.29, 0.717) is 78.9 Å². The van der Waals surface area contributed by atoms with Gasteiger partial charge in [-0.15, -0.1) is 11.8 Å². The maximum Gasteiger partial charge on any atom is 0.258 e. The predicted molar refractivity (Wildman–Crippen MR) is 112 cm³/mol. The lowest BCUT2D eigenvalue weighted by Crippen LogP contribution is -2.47. The van der Waals surface area contributed by atoms with E-state index in [1.807, 2.05) is 4.90 Å². The number of likely N-dealkylation sites (tertiary alicyclic amines) is 1. The van der Waals surface area contributed by atoms with Crippen molar-refractivity contribution in [2.45, 2.75) is 24.4 Å². The predicted octanol–water partition coefficient (Wildman–Crippen LogP) is 1.54. The molecule has 1 N–H and O–H groups in total. The largest absolute Gasteiger partial charge is 0.493 e. The maximum absolute atomic E-state index is 12.5. The van der Waals surface area contributed by atoms with E-state index in [1.54, 1.807) is 12.1 Å². The molecule has 9 nitrogen and oxygen atoms in total. The van der Waals surface area contributed by atoms with Gasteiger partial charge >= 0.3 is 0 Å². The molecule has 162 valence electrons. The van der Waals surface area contributed by atoms with E-state index in [-0.39, 0.29) is 11.5 Å². The molecule has 0 unspecified atom stereocenters. The number of rotatable bonds is 6. The Morgan fingerprint density at radius 1 is 1.20 bits per heavy atom. The number of H-pyrrole nitrogens is 1. The van der Waals surface area contributed by atoms with Gasteiger partial charge < -0.3 is 28.8 Å². The van der Waals surface area contributed by atoms with Crippen molar-refractivity contribution in [2.24, 2.45) is 0 Å². The van der Waals surface area contributed by atoms with Gasteiger partial charge in [-0.25, -0.2) is 4.98 Å². The van der Waals surface area contributed by atoms with Crippen LogP contribution in [0.15, 0.2) is 16.9 Å². The van der Waals surface area contributed by atoms with E-state index in [1.165, 1.54) is 26.0 Å². The number of fused-ring (bicyclic) bond motifs is 1. The van der Waals surface area contributed by atoms with E-state index < -0.39 is 5.79 Å². The Labute approximate surface area is 178 Å². The summed E-state index contributed by atoms with van der Waals surface area (Å²) in [5, 5.41) is 0.427. The summed E-state index contributed by atoms with van der Waals surface area (Å²) in [6.45, 7) is 2.51. The summed E-state index contributed by atoms with van der Waals surface area (Å²) in [7, 11) is 3.05. The smallest absolute Gasteiger partial charge is 0.258 e. The Morgan fingerprint density at radius 3 is 2.53 bits per heavy atom. The number of aromatic nitrogens is 2. The van der Waals surface area contributed by atoms with Crippen molar-refractivity contribution < 1.29 is 23.7 Å². The quantitative estimate of drug-likeness (QED) is 0.729. The Bertz CT molecular complexity index is 978. The third-order valence-electron chi connectivity index (χ3n) is 5.42. The standard InChI is InChI=1S/C20H25N3O6S/c1-26-15-9-13-14(10-16(15)27-2)21-17(22-19(13)25)11-30-12-18(24)23-5-3-20(4-6-23)28-7-8-29-20/h9-10H,3-8,11-12H2,1-2H3,(H,21,22,25). The second kappa shape index (κ2) is 8.83. The Hall–Kier alpha value is -2.30. The number of aromatic amines is 1. The molecule has 10 heteroatoms. The van der Waals surface area contributed by atoms with Crippen molar-refractivity contribution in [1.29, 1.82) is 0 Å². The van der Waals surface area contributed by atoms with E-state index in [9.17, 15) is 9.59 Å². The minimum atomic E-state index is -0.484. The highest BCUT2D eigenvalue weighted by Crippen LogP contribution is 2.32. The number of nitrogens with one attached hydrogen (secondary N) is 1. The monoisotopic (exact) mass is 435 g/mol. The third kappa shape index (κ3) is 4.26. The van der Waals surface area contributed by atoms with Gasteiger partial charge in [-0.05, 0) is 6.07 Å². The van der Waals surface area contributed by atoms with Crippen molar-refractivity contribution in [3.63, 3.8) is 0 Å². The summed E-state index contributed by atoms with van der Waals surface area (Å²) in [4.78, 5) is 34.1. The normalized spacial score (nSPS) is 18.1. The fraction of sp³-hybridized carbons (Fsp3) is 0.550. The maximum atomic E-state index is 12.5. The highest BCUT2D eigenvalue weighted by atomic mass is 32.2. The van der Waals surface area contributed by atoms with Crippen LogP contribution in [0, 0.1) is 0 Å². The molecule has 2 fully saturated rings. The van der Waals surface area contributed by atoms with Crippen LogP contribution in [0.5, 0.6) is 11.5 Å². The summed E-state index contributed by atoms with van der Waals surface area (Å²) in [5.74, 6) is 1.83. The Morgan fingerprint density at radius 2 is 1.87 bits per heavy atom. The SMILES string of the molecule is COc1cc2nc(CSCC(=O)N3CCC4(CC3)OCCO4)[nH]c(=O)c2cc1OC. The second-order valence-corrected chi connectivity index (χ2v) is 8.20. The number of amides is 1. The molecule has 0 radical (unpaired) electrons. The lowest BCUT2D eigenvalue weighted by molar-refractivity contribution is -0.186. The van der Waals surface area contributed by atoms with Crippen LogP contribution in [-0.2, 0) is 20.0 Å². The summed E-state index contributed by atoms with van der Waals surface area (Å²) >= 11 is 1.42. The molecule has 2 aliphatic heterocycles. The van der Waals surface area contributed by atoms with Gasteiger partial charge in [-0.2, -0.15) is 0 Å². The van der Waals surface area contributed by atoms with Gasteiger partial charge in [0, 0.05) is 32.0 Å². The zero-order chi connectivity index (χ0) is 21.1. The van der Waals surface area contributed by atoms with Crippen LogP contribution in [0.2, 0.25) is 0 Å². The third-order valence-corrected chi connectivity index (χ3v) is 6.34. The van der Waals surface area contributed by atoms with Crippen LogP contribution >= 0.6 is 11.8 Å². The van der Waals surface area contributed by atoms with Gasteiger partial charge in [-0.1, -0.05) is 0 Å². The molecule has 0 saturated carbocycles. The summed E-state index contributed by atoms with van der Waals surface area (Å²) < 4.78 is 21.9. The number of hydrogen-bond donors (Lipinski definition) is 1. The van der Waals surface area contributed by atoms with Gasteiger partial charge in [0.15, 0.2) is 17.3 Å². The van der Waals surface area contributed by atoms with Crippen LogP contribution < -0.4 is 15.0 Å². The molecule has 2 saturated heterocycles. The number of methoxy groups -OCH3 is 2. The van der Waals surface area contributed by atoms with Crippen LogP contribution in [0.1, 0.15) is 18.7 Å². The van der Waals surface area contributed by atoms with Crippen molar-refractivity contribution in [2.75, 3.05) is 46.3 Å². The van der Waals surface area contributed by atoms with Gasteiger partial charge in [0.2, 0.25) is 5.91 Å². The number of piperidine rings is 1. The number of benzene rings is 1. The average molecular weight is 436 g/mol. The number of carbonyl (C=O) groups excluding carboxylic acids is 1. The van der Waals surface area contributed by atoms with Crippen molar-refractivity contribution in [3.8, 4) is 11.5 Å². The first-order valence-corrected chi connectivity index (χ1v) is 11.0. The molecular formula is C20H25N3O6S. The second-order valence-electron chi connectivity index (χ2n) is 7.22. The van der Waals surface area contributed by atoms with Gasteiger partial charge in [0.1, 0.15) is 5.82 Å². The molecule has 1 spiro atoms. The molecular weight excluding hydrogens is 410 g/mol. The minimum absolute atomic E-state index is 0.0717. The van der Waals surface area contributed by atoms with Gasteiger partial charge in [-0.3, -0.25) is 9.59 Å². The molecule has 30 heavy (non-hydrogen) atoms. The molecule has 2 aromatic rings. The van der Waals surface area contributed by atoms with Crippen LogP contribution in [0.25, 0.3) is 10.9 Å². The molecule has 1 amide bonds. The number of nitrogens with zero attached hydrogens (tertiary/aromatic N) is 2. The summed E-state index contributed by atoms with van der Waals surface area (Å²) in [6.07, 6.45) is 1.41. The number of carbonyl (C=O) groups is 1. The molecule has 2 aliphatic rings. The fourth-order valence-corrected chi connectivity index (χ4v) is 4.58. The van der Waals surface area contributed by atoms with Gasteiger partial charge in [0.05, 0.1) is 49.8 Å². The topological polar surface area (TPSA) is 103 Å². The average Bonchev–Trinajstić information content (AvgIpc) is 3.21. The molecule has 0 bridgehead atoms. The zero-order valence-corrected chi connectivity index (χ0v) is 17.9. The van der Waals surface area contributed by atoms with Crippen molar-refractivity contribution >= 4 is 28.6 Å². The first kappa shape index (κ1) is 21.0. The van der Waals surface area contributed by atoms with E-state index in [0.717, 1.165) is 0 Å². The fourth-order valence-electron chi connectivity index (χ4n) is 3.79. The lowest BCUT2D eigenvalue weighted by atomic mass is 10.0. The highest BCUT2D eigenvalue weighted by Gasteiger charge is 2.40. The van der Waals surface area contributed by atoms with Crippen molar-refractivity contribution in [1.82, 2.24) is 14.9 Å². The number of hydrogen-bond acceptors (Lipinski definition) is 8. The highest BCUT2D eigenvalue weighted by molar-refractivity contribution is 7.99. The Balaban J connectivity index is 1.35. The van der Waals surface area contributed by atoms with Crippen LogP contribution in [0.4, 0.5) is 0 Å². The van der Waals surface area contributed by atoms with Crippen molar-refractivity contribution in [3.05, 3.63) is 28.3 Å². The van der Waals surface area contributed by atoms with E-state index in [2.05, 4.69) is 9.97 Å². The van der Waals surface area contributed by atoms with E-state index >= 15 is 0 Å². The minimum Gasteiger partial charge on any atom is -0.493 e.